The van der Waals surface area contributed by atoms with Crippen molar-refractivity contribution in [1.82, 2.24) is 5.16 Å². The van der Waals surface area contributed by atoms with Gasteiger partial charge in [-0.2, -0.15) is 8.42 Å². The minimum atomic E-state index is -4.68. The highest BCUT2D eigenvalue weighted by atomic mass is 32.3. The van der Waals surface area contributed by atoms with Crippen molar-refractivity contribution in [3.05, 3.63) is 36.5 Å². The van der Waals surface area contributed by atoms with Crippen molar-refractivity contribution in [2.24, 2.45) is 0 Å². The van der Waals surface area contributed by atoms with E-state index < -0.39 is 15.1 Å². The Morgan fingerprint density at radius 3 is 2.67 bits per heavy atom. The monoisotopic (exact) mass is 227 g/mol. The summed E-state index contributed by atoms with van der Waals surface area (Å²) in [5.74, 6) is 0.389. The van der Waals surface area contributed by atoms with Crippen molar-refractivity contribution in [1.29, 1.82) is 0 Å². The van der Waals surface area contributed by atoms with Gasteiger partial charge in [0.2, 0.25) is 0 Å². The van der Waals surface area contributed by atoms with Crippen molar-refractivity contribution in [3.63, 3.8) is 0 Å². The topological polar surface area (TPSA) is 60.2 Å². The van der Waals surface area contributed by atoms with E-state index in [1.165, 1.54) is 24.4 Å². The van der Waals surface area contributed by atoms with E-state index in [2.05, 4.69) is 5.16 Å². The summed E-state index contributed by atoms with van der Waals surface area (Å²) in [6, 6.07) is 6.97. The minimum absolute atomic E-state index is 0.389. The van der Waals surface area contributed by atoms with Crippen LogP contribution in [0.15, 0.2) is 45.9 Å². The molecule has 0 radical (unpaired) electrons. The lowest BCUT2D eigenvalue weighted by Gasteiger charge is -1.97. The zero-order valence-corrected chi connectivity index (χ0v) is 8.24. The van der Waals surface area contributed by atoms with Crippen LogP contribution in [-0.4, -0.2) is 13.6 Å². The van der Waals surface area contributed by atoms with Crippen molar-refractivity contribution < 1.29 is 16.8 Å². The number of rotatable bonds is 2. The van der Waals surface area contributed by atoms with Gasteiger partial charge in [0.25, 0.3) is 0 Å². The molecule has 2 aromatic rings. The Hall–Kier alpha value is -1.69. The first-order chi connectivity index (χ1) is 7.07. The standard InChI is InChI=1S/C9H6FNO3S/c10-15(12,13)8-3-1-2-7(6-8)9-4-5-11-14-9/h1-6H. The van der Waals surface area contributed by atoms with Gasteiger partial charge in [-0.25, -0.2) is 0 Å². The summed E-state index contributed by atoms with van der Waals surface area (Å²) < 4.78 is 38.8. The van der Waals surface area contributed by atoms with Crippen LogP contribution in [-0.2, 0) is 10.2 Å². The summed E-state index contributed by atoms with van der Waals surface area (Å²) in [5, 5.41) is 3.47. The normalized spacial score (nSPS) is 11.5. The van der Waals surface area contributed by atoms with Crippen LogP contribution in [0.1, 0.15) is 0 Å². The minimum Gasteiger partial charge on any atom is -0.356 e. The SMILES string of the molecule is O=S(=O)(F)c1cccc(-c2ccno2)c1. The molecule has 0 amide bonds. The lowest BCUT2D eigenvalue weighted by molar-refractivity contribution is 0.432. The number of halogens is 1. The van der Waals surface area contributed by atoms with Crippen LogP contribution in [0, 0.1) is 0 Å². The predicted molar refractivity (Wildman–Crippen MR) is 50.2 cm³/mol. The zero-order valence-electron chi connectivity index (χ0n) is 7.42. The molecular weight excluding hydrogens is 221 g/mol. The molecule has 6 heteroatoms. The maximum atomic E-state index is 12.7. The van der Waals surface area contributed by atoms with Crippen LogP contribution in [0.3, 0.4) is 0 Å². The van der Waals surface area contributed by atoms with E-state index in [-0.39, 0.29) is 0 Å². The fourth-order valence-corrected chi connectivity index (χ4v) is 1.67. The van der Waals surface area contributed by atoms with E-state index in [0.29, 0.717) is 11.3 Å². The highest BCUT2D eigenvalue weighted by molar-refractivity contribution is 7.86. The summed E-state index contributed by atoms with van der Waals surface area (Å²) >= 11 is 0. The molecule has 0 saturated heterocycles. The number of hydrogen-bond donors (Lipinski definition) is 0. The molecule has 2 rings (SSSR count). The summed E-state index contributed by atoms with van der Waals surface area (Å²) in [4.78, 5) is -0.392. The maximum Gasteiger partial charge on any atom is 0.332 e. The first-order valence-electron chi connectivity index (χ1n) is 4.03. The average Bonchev–Trinajstić information content (AvgIpc) is 2.69. The molecule has 1 aromatic carbocycles. The quantitative estimate of drug-likeness (QED) is 0.736. The molecule has 0 atom stereocenters. The van der Waals surface area contributed by atoms with E-state index in [1.54, 1.807) is 12.1 Å². The maximum absolute atomic E-state index is 12.7. The summed E-state index contributed by atoms with van der Waals surface area (Å²) in [6.07, 6.45) is 1.42. The largest absolute Gasteiger partial charge is 0.356 e. The van der Waals surface area contributed by atoms with Gasteiger partial charge in [0, 0.05) is 11.6 Å². The van der Waals surface area contributed by atoms with Gasteiger partial charge in [0.15, 0.2) is 5.76 Å². The number of nitrogens with zero attached hydrogens (tertiary/aromatic N) is 1. The van der Waals surface area contributed by atoms with Crippen LogP contribution < -0.4 is 0 Å². The predicted octanol–water partition coefficient (Wildman–Crippen LogP) is 2.00. The molecule has 78 valence electrons. The third-order valence-electron chi connectivity index (χ3n) is 1.84. The lowest BCUT2D eigenvalue weighted by atomic mass is 10.2. The fourth-order valence-electron chi connectivity index (χ4n) is 1.17. The summed E-state index contributed by atoms with van der Waals surface area (Å²) in [7, 11) is -4.68. The van der Waals surface area contributed by atoms with Crippen LogP contribution in [0.5, 0.6) is 0 Å². The average molecular weight is 227 g/mol. The van der Waals surface area contributed by atoms with Gasteiger partial charge in [0.05, 0.1) is 11.1 Å². The second-order valence-electron chi connectivity index (χ2n) is 2.84. The van der Waals surface area contributed by atoms with Gasteiger partial charge in [-0.15, -0.1) is 3.89 Å². The van der Waals surface area contributed by atoms with Gasteiger partial charge in [-0.3, -0.25) is 0 Å². The Bertz CT molecular complexity index is 563. The molecule has 0 aliphatic carbocycles. The molecule has 0 aliphatic rings. The molecule has 0 bridgehead atoms. The zero-order chi connectivity index (χ0) is 10.9. The van der Waals surface area contributed by atoms with Crippen LogP contribution in [0.4, 0.5) is 3.89 Å². The third kappa shape index (κ3) is 2.04. The van der Waals surface area contributed by atoms with Crippen molar-refractivity contribution >= 4 is 10.2 Å². The van der Waals surface area contributed by atoms with E-state index in [0.717, 1.165) is 0 Å². The molecule has 0 spiro atoms. The highest BCUT2D eigenvalue weighted by Gasteiger charge is 2.13. The molecule has 0 aliphatic heterocycles. The van der Waals surface area contributed by atoms with Crippen molar-refractivity contribution in [2.45, 2.75) is 4.90 Å². The van der Waals surface area contributed by atoms with Gasteiger partial charge in [0.1, 0.15) is 0 Å². The molecule has 15 heavy (non-hydrogen) atoms. The van der Waals surface area contributed by atoms with E-state index in [9.17, 15) is 12.3 Å². The molecule has 0 fully saturated rings. The molecule has 0 unspecified atom stereocenters. The van der Waals surface area contributed by atoms with Gasteiger partial charge in [-0.05, 0) is 12.1 Å². The Morgan fingerprint density at radius 2 is 2.07 bits per heavy atom. The number of benzene rings is 1. The Balaban J connectivity index is 2.53. The van der Waals surface area contributed by atoms with Crippen molar-refractivity contribution in [3.8, 4) is 11.3 Å². The smallest absolute Gasteiger partial charge is 0.332 e. The van der Waals surface area contributed by atoms with Crippen LogP contribution >= 0.6 is 0 Å². The number of hydrogen-bond acceptors (Lipinski definition) is 4. The first kappa shape index (κ1) is 9.85. The summed E-state index contributed by atoms with van der Waals surface area (Å²) in [5.41, 5.74) is 0.464. The Kier molecular flexibility index (Phi) is 2.28. The van der Waals surface area contributed by atoms with Crippen molar-refractivity contribution in [2.75, 3.05) is 0 Å². The molecule has 1 heterocycles. The second kappa shape index (κ2) is 3.47. The lowest BCUT2D eigenvalue weighted by Crippen LogP contribution is -1.91. The molecule has 1 aromatic heterocycles. The van der Waals surface area contributed by atoms with Gasteiger partial charge >= 0.3 is 10.2 Å². The third-order valence-corrected chi connectivity index (χ3v) is 2.65. The fraction of sp³-hybridized carbons (Fsp3) is 0. The van der Waals surface area contributed by atoms with E-state index in [4.69, 9.17) is 4.52 Å². The Morgan fingerprint density at radius 1 is 1.27 bits per heavy atom. The van der Waals surface area contributed by atoms with E-state index >= 15 is 0 Å². The van der Waals surface area contributed by atoms with Gasteiger partial charge in [-0.1, -0.05) is 17.3 Å². The second-order valence-corrected chi connectivity index (χ2v) is 4.19. The van der Waals surface area contributed by atoms with E-state index in [1.807, 2.05) is 0 Å². The molecule has 4 nitrogen and oxygen atoms in total. The van der Waals surface area contributed by atoms with Gasteiger partial charge < -0.3 is 4.52 Å². The first-order valence-corrected chi connectivity index (χ1v) is 5.41. The highest BCUT2D eigenvalue weighted by Crippen LogP contribution is 2.22. The van der Waals surface area contributed by atoms with Crippen LogP contribution in [0.25, 0.3) is 11.3 Å². The summed E-state index contributed by atoms with van der Waals surface area (Å²) in [6.45, 7) is 0. The van der Waals surface area contributed by atoms with Crippen LogP contribution in [0.2, 0.25) is 0 Å². The molecular formula is C9H6FNO3S. The molecule has 0 saturated carbocycles. The number of aromatic nitrogens is 1. The Labute approximate surface area is 85.5 Å². The molecule has 0 N–H and O–H groups in total.